The van der Waals surface area contributed by atoms with Gasteiger partial charge in [0.2, 0.25) is 0 Å². The van der Waals surface area contributed by atoms with E-state index in [1.807, 2.05) is 38.1 Å². The molecule has 0 radical (unpaired) electrons. The van der Waals surface area contributed by atoms with E-state index in [9.17, 15) is 0 Å². The van der Waals surface area contributed by atoms with Gasteiger partial charge in [-0.15, -0.1) is 0 Å². The number of unbranched alkanes of at least 4 members (excludes halogenated alkanes) is 1. The smallest absolute Gasteiger partial charge is 0.0736 e. The first-order valence-electron chi connectivity index (χ1n) is 5.10. The van der Waals surface area contributed by atoms with Crippen LogP contribution in [0.1, 0.15) is 26.7 Å². The predicted molar refractivity (Wildman–Crippen MR) is 70.2 cm³/mol. The third-order valence-corrected chi connectivity index (χ3v) is 2.57. The molecule has 0 aromatic heterocycles. The number of nitrogens with zero attached hydrogens (tertiary/aromatic N) is 1. The minimum Gasteiger partial charge on any atom is -0.375 e. The van der Waals surface area contributed by atoms with Crippen LogP contribution < -0.4 is 0 Å². The minimum absolute atomic E-state index is 0.672. The molecule has 0 atom stereocenters. The highest BCUT2D eigenvalue weighted by atomic mass is 35.5. The third-order valence-electron chi connectivity index (χ3n) is 1.87. The topological polar surface area (TPSA) is 3.24 Å². The van der Waals surface area contributed by atoms with Crippen molar-refractivity contribution < 1.29 is 0 Å². The average Bonchev–Trinajstić information content (AvgIpc) is 2.17. The first-order chi connectivity index (χ1) is 7.04. The van der Waals surface area contributed by atoms with E-state index in [1.54, 1.807) is 0 Å². The van der Waals surface area contributed by atoms with Gasteiger partial charge in [0.05, 0.1) is 15.8 Å². The Bertz CT molecular complexity index is 275. The van der Waals surface area contributed by atoms with Crippen LogP contribution in [0.5, 0.6) is 0 Å². The SMILES string of the molecule is CC=C(Cl)/C(=C(Cl)/C=C\CCC)N(C)C. The maximum atomic E-state index is 6.18. The number of hydrogen-bond donors (Lipinski definition) is 0. The molecular weight excluding hydrogens is 229 g/mol. The zero-order valence-electron chi connectivity index (χ0n) is 9.85. The molecule has 0 saturated heterocycles. The molecule has 1 nitrogen and oxygen atoms in total. The van der Waals surface area contributed by atoms with Gasteiger partial charge in [-0.3, -0.25) is 0 Å². The number of allylic oxidation sites excluding steroid dienone is 5. The minimum atomic E-state index is 0.672. The van der Waals surface area contributed by atoms with E-state index in [4.69, 9.17) is 23.2 Å². The Labute approximate surface area is 103 Å². The van der Waals surface area contributed by atoms with Gasteiger partial charge in [-0.2, -0.15) is 0 Å². The van der Waals surface area contributed by atoms with Gasteiger partial charge in [-0.25, -0.2) is 0 Å². The lowest BCUT2D eigenvalue weighted by Crippen LogP contribution is -2.12. The quantitative estimate of drug-likeness (QED) is 0.647. The van der Waals surface area contributed by atoms with Crippen LogP contribution >= 0.6 is 23.2 Å². The molecule has 15 heavy (non-hydrogen) atoms. The summed E-state index contributed by atoms with van der Waals surface area (Å²) in [5, 5.41) is 1.35. The maximum Gasteiger partial charge on any atom is 0.0736 e. The van der Waals surface area contributed by atoms with Gasteiger partial charge in [0.25, 0.3) is 0 Å². The second-order valence-electron chi connectivity index (χ2n) is 3.42. The highest BCUT2D eigenvalue weighted by molar-refractivity contribution is 6.36. The fourth-order valence-corrected chi connectivity index (χ4v) is 1.79. The lowest BCUT2D eigenvalue weighted by molar-refractivity contribution is 0.525. The van der Waals surface area contributed by atoms with Gasteiger partial charge in [-0.05, 0) is 19.4 Å². The Kier molecular flexibility index (Phi) is 7.63. The molecule has 0 saturated carbocycles. The number of likely N-dealkylation sites (N-methyl/N-ethyl adjacent to an activating group) is 1. The molecule has 0 aliphatic heterocycles. The van der Waals surface area contributed by atoms with Crippen molar-refractivity contribution in [2.45, 2.75) is 26.7 Å². The van der Waals surface area contributed by atoms with Crippen molar-refractivity contribution in [1.82, 2.24) is 4.90 Å². The molecule has 0 fully saturated rings. The lowest BCUT2D eigenvalue weighted by Gasteiger charge is -2.17. The molecular formula is C12H19Cl2N. The molecule has 0 N–H and O–H groups in total. The summed E-state index contributed by atoms with van der Waals surface area (Å²) in [6.45, 7) is 4.03. The van der Waals surface area contributed by atoms with Crippen LogP contribution in [0, 0.1) is 0 Å². The second kappa shape index (κ2) is 7.84. The first kappa shape index (κ1) is 14.6. The van der Waals surface area contributed by atoms with Crippen molar-refractivity contribution in [3.8, 4) is 0 Å². The second-order valence-corrected chi connectivity index (χ2v) is 4.23. The van der Waals surface area contributed by atoms with Crippen molar-refractivity contribution in [3.63, 3.8) is 0 Å². The standard InChI is InChI=1S/C12H19Cl2N/c1-5-7-8-9-11(14)12(15(3)4)10(13)6-2/h6,8-9H,5,7H2,1-4H3/b9-8-,10-6?,12-11+. The third kappa shape index (κ3) is 5.29. The van der Waals surface area contributed by atoms with Crippen LogP contribution in [0.4, 0.5) is 0 Å². The summed E-state index contributed by atoms with van der Waals surface area (Å²) < 4.78 is 0. The largest absolute Gasteiger partial charge is 0.375 e. The van der Waals surface area contributed by atoms with E-state index in [0.29, 0.717) is 10.1 Å². The Morgan fingerprint density at radius 3 is 2.27 bits per heavy atom. The summed E-state index contributed by atoms with van der Waals surface area (Å²) in [6.07, 6.45) is 7.96. The average molecular weight is 248 g/mol. The fourth-order valence-electron chi connectivity index (χ4n) is 1.11. The summed E-state index contributed by atoms with van der Waals surface area (Å²) in [7, 11) is 3.86. The van der Waals surface area contributed by atoms with Gasteiger partial charge in [-0.1, -0.05) is 48.7 Å². The Balaban J connectivity index is 4.93. The molecule has 0 amide bonds. The van der Waals surface area contributed by atoms with E-state index >= 15 is 0 Å². The molecule has 0 aromatic carbocycles. The van der Waals surface area contributed by atoms with Crippen molar-refractivity contribution in [1.29, 1.82) is 0 Å². The highest BCUT2D eigenvalue weighted by Crippen LogP contribution is 2.24. The lowest BCUT2D eigenvalue weighted by atomic mass is 10.2. The molecule has 3 heteroatoms. The monoisotopic (exact) mass is 247 g/mol. The van der Waals surface area contributed by atoms with E-state index in [0.717, 1.165) is 18.5 Å². The summed E-state index contributed by atoms with van der Waals surface area (Å²) in [5.74, 6) is 0. The van der Waals surface area contributed by atoms with Crippen molar-refractivity contribution in [2.75, 3.05) is 14.1 Å². The molecule has 0 spiro atoms. The van der Waals surface area contributed by atoms with Crippen molar-refractivity contribution >= 4 is 23.2 Å². The fraction of sp³-hybridized carbons (Fsp3) is 0.500. The van der Waals surface area contributed by atoms with Crippen LogP contribution in [-0.4, -0.2) is 19.0 Å². The van der Waals surface area contributed by atoms with Crippen LogP contribution in [0.15, 0.2) is 34.0 Å². The van der Waals surface area contributed by atoms with E-state index in [-0.39, 0.29) is 0 Å². The van der Waals surface area contributed by atoms with E-state index < -0.39 is 0 Å². The van der Waals surface area contributed by atoms with E-state index in [2.05, 4.69) is 13.0 Å². The summed E-state index contributed by atoms with van der Waals surface area (Å²) in [6, 6.07) is 0. The predicted octanol–water partition coefficient (Wildman–Crippen LogP) is 4.50. The molecule has 0 heterocycles. The van der Waals surface area contributed by atoms with Gasteiger partial charge in [0, 0.05) is 14.1 Å². The van der Waals surface area contributed by atoms with Crippen molar-refractivity contribution in [2.24, 2.45) is 0 Å². The Morgan fingerprint density at radius 1 is 1.27 bits per heavy atom. The van der Waals surface area contributed by atoms with Gasteiger partial charge in [0.1, 0.15) is 0 Å². The molecule has 0 rings (SSSR count). The molecule has 0 aliphatic carbocycles. The summed E-state index contributed by atoms with van der Waals surface area (Å²) in [4.78, 5) is 1.92. The molecule has 86 valence electrons. The summed E-state index contributed by atoms with van der Waals surface area (Å²) in [5.41, 5.74) is 0.855. The van der Waals surface area contributed by atoms with Gasteiger partial charge < -0.3 is 4.90 Å². The number of halogens is 2. The Morgan fingerprint density at radius 2 is 1.87 bits per heavy atom. The zero-order chi connectivity index (χ0) is 11.8. The highest BCUT2D eigenvalue weighted by Gasteiger charge is 2.08. The molecule has 0 bridgehead atoms. The molecule has 0 aliphatic rings. The van der Waals surface area contributed by atoms with E-state index in [1.165, 1.54) is 0 Å². The van der Waals surface area contributed by atoms with Crippen LogP contribution in [-0.2, 0) is 0 Å². The normalized spacial score (nSPS) is 14.4. The van der Waals surface area contributed by atoms with Gasteiger partial charge in [0.15, 0.2) is 0 Å². The molecule has 0 unspecified atom stereocenters. The molecule has 0 aromatic rings. The first-order valence-corrected chi connectivity index (χ1v) is 5.86. The maximum absolute atomic E-state index is 6.18. The Hall–Kier alpha value is -0.400. The van der Waals surface area contributed by atoms with Crippen LogP contribution in [0.3, 0.4) is 0 Å². The number of rotatable bonds is 5. The van der Waals surface area contributed by atoms with Crippen LogP contribution in [0.25, 0.3) is 0 Å². The summed E-state index contributed by atoms with van der Waals surface area (Å²) >= 11 is 12.3. The van der Waals surface area contributed by atoms with Crippen LogP contribution in [0.2, 0.25) is 0 Å². The van der Waals surface area contributed by atoms with Gasteiger partial charge >= 0.3 is 0 Å². The number of hydrogen-bond acceptors (Lipinski definition) is 1. The zero-order valence-corrected chi connectivity index (χ0v) is 11.4. The van der Waals surface area contributed by atoms with Crippen molar-refractivity contribution in [3.05, 3.63) is 34.0 Å².